The van der Waals surface area contributed by atoms with Crippen LogP contribution in [0.5, 0.6) is 0 Å². The molecule has 1 aromatic carbocycles. The van der Waals surface area contributed by atoms with Gasteiger partial charge < -0.3 is 10.3 Å². The lowest BCUT2D eigenvalue weighted by molar-refractivity contribution is -0.130. The summed E-state index contributed by atoms with van der Waals surface area (Å²) >= 11 is 0. The first-order valence-electron chi connectivity index (χ1n) is 10.0. The molecule has 2 aliphatic rings. The standard InChI is InChI=1S/C21H27FN6O/c1-13(2)28-20-5-6-27(14(3)29)12-19(20)21(25-28)24-18-8-15(7-17(22)9-18)16-10-23-26(4)11-16/h7-11,13,19-20H,5-6,12H2,1-4H3,(H,24,25). The summed E-state index contributed by atoms with van der Waals surface area (Å²) in [6, 6.07) is 5.36. The Morgan fingerprint density at radius 1 is 1.31 bits per heavy atom. The number of rotatable bonds is 3. The maximum absolute atomic E-state index is 14.3. The van der Waals surface area contributed by atoms with Gasteiger partial charge in [-0.1, -0.05) is 0 Å². The topological polar surface area (TPSA) is 65.8 Å². The average Bonchev–Trinajstić information content (AvgIpc) is 3.25. The summed E-state index contributed by atoms with van der Waals surface area (Å²) in [6.07, 6.45) is 4.45. The molecule has 3 heterocycles. The number of carbonyl (C=O) groups excluding carboxylic acids is 1. The minimum absolute atomic E-state index is 0.0791. The summed E-state index contributed by atoms with van der Waals surface area (Å²) in [5.41, 5.74) is 5.56. The summed E-state index contributed by atoms with van der Waals surface area (Å²) in [7, 11) is 1.83. The fourth-order valence-corrected chi connectivity index (χ4v) is 4.26. The minimum atomic E-state index is -0.338. The number of hydrogen-bond donors (Lipinski definition) is 1. The highest BCUT2D eigenvalue weighted by molar-refractivity contribution is 5.90. The highest BCUT2D eigenvalue weighted by Gasteiger charge is 2.44. The lowest BCUT2D eigenvalue weighted by Gasteiger charge is -2.37. The molecule has 1 N–H and O–H groups in total. The molecule has 7 nitrogen and oxygen atoms in total. The molecule has 2 aliphatic heterocycles. The van der Waals surface area contributed by atoms with Gasteiger partial charge in [0.25, 0.3) is 0 Å². The molecule has 2 unspecified atom stereocenters. The van der Waals surface area contributed by atoms with E-state index in [1.807, 2.05) is 24.2 Å². The number of likely N-dealkylation sites (tertiary alicyclic amines) is 1. The Hall–Kier alpha value is -2.74. The van der Waals surface area contributed by atoms with Crippen LogP contribution in [0.4, 0.5) is 10.1 Å². The van der Waals surface area contributed by atoms with E-state index in [9.17, 15) is 9.18 Å². The SMILES string of the molecule is CC(=O)N1CCC2C(C1)C(=Nc1cc(F)cc(-c3cnn(C)c3)c1)NN2C(C)C. The van der Waals surface area contributed by atoms with Crippen LogP contribution in [0.3, 0.4) is 0 Å². The number of nitrogens with one attached hydrogen (secondary N) is 1. The number of fused-ring (bicyclic) bond motifs is 1. The number of hydrazine groups is 1. The van der Waals surface area contributed by atoms with Gasteiger partial charge in [0.15, 0.2) is 0 Å². The van der Waals surface area contributed by atoms with Crippen molar-refractivity contribution in [2.45, 2.75) is 39.3 Å². The van der Waals surface area contributed by atoms with Crippen LogP contribution in [-0.4, -0.2) is 56.6 Å². The van der Waals surface area contributed by atoms with E-state index in [0.29, 0.717) is 12.2 Å². The monoisotopic (exact) mass is 398 g/mol. The van der Waals surface area contributed by atoms with Gasteiger partial charge in [0.2, 0.25) is 5.91 Å². The molecule has 2 atom stereocenters. The van der Waals surface area contributed by atoms with Crippen LogP contribution in [0.1, 0.15) is 27.2 Å². The molecule has 4 rings (SSSR count). The number of carbonyl (C=O) groups is 1. The molecule has 0 spiro atoms. The lowest BCUT2D eigenvalue weighted by Crippen LogP contribution is -2.50. The molecular formula is C21H27FN6O. The van der Waals surface area contributed by atoms with Gasteiger partial charge in [0.1, 0.15) is 11.7 Å². The van der Waals surface area contributed by atoms with Gasteiger partial charge in [-0.3, -0.25) is 9.48 Å². The molecule has 1 amide bonds. The summed E-state index contributed by atoms with van der Waals surface area (Å²) in [4.78, 5) is 18.6. The fourth-order valence-electron chi connectivity index (χ4n) is 4.26. The molecule has 2 saturated heterocycles. The van der Waals surface area contributed by atoms with E-state index in [0.717, 1.165) is 29.9 Å². The van der Waals surface area contributed by atoms with Crippen molar-refractivity contribution in [1.29, 1.82) is 0 Å². The molecule has 0 bridgehead atoms. The largest absolute Gasteiger partial charge is 0.342 e. The number of hydrogen-bond acceptors (Lipinski definition) is 4. The van der Waals surface area contributed by atoms with Gasteiger partial charge in [-0.25, -0.2) is 14.4 Å². The number of halogens is 1. The van der Waals surface area contributed by atoms with E-state index >= 15 is 0 Å². The van der Waals surface area contributed by atoms with Crippen molar-refractivity contribution in [1.82, 2.24) is 25.1 Å². The predicted molar refractivity (Wildman–Crippen MR) is 110 cm³/mol. The molecule has 8 heteroatoms. The molecule has 2 aromatic rings. The van der Waals surface area contributed by atoms with Crippen LogP contribution >= 0.6 is 0 Å². The van der Waals surface area contributed by atoms with Gasteiger partial charge in [-0.05, 0) is 44.0 Å². The number of aryl methyl sites for hydroxylation is 1. The van der Waals surface area contributed by atoms with E-state index in [4.69, 9.17) is 4.99 Å². The predicted octanol–water partition coefficient (Wildman–Crippen LogP) is 2.72. The van der Waals surface area contributed by atoms with Crippen LogP contribution in [0.15, 0.2) is 35.6 Å². The Bertz CT molecular complexity index is 952. The molecule has 0 aliphatic carbocycles. The smallest absolute Gasteiger partial charge is 0.219 e. The third-order valence-corrected chi connectivity index (χ3v) is 5.70. The molecular weight excluding hydrogens is 371 g/mol. The number of amidine groups is 1. The van der Waals surface area contributed by atoms with Crippen LogP contribution < -0.4 is 5.43 Å². The van der Waals surface area contributed by atoms with Crippen LogP contribution in [0, 0.1) is 11.7 Å². The van der Waals surface area contributed by atoms with E-state index < -0.39 is 0 Å². The number of benzene rings is 1. The highest BCUT2D eigenvalue weighted by Crippen LogP contribution is 2.32. The van der Waals surface area contributed by atoms with Crippen molar-refractivity contribution in [3.05, 3.63) is 36.4 Å². The third-order valence-electron chi connectivity index (χ3n) is 5.70. The van der Waals surface area contributed by atoms with Crippen molar-refractivity contribution < 1.29 is 9.18 Å². The Balaban J connectivity index is 1.69. The van der Waals surface area contributed by atoms with Crippen LogP contribution in [-0.2, 0) is 11.8 Å². The highest BCUT2D eigenvalue weighted by atomic mass is 19.1. The van der Waals surface area contributed by atoms with E-state index in [1.54, 1.807) is 17.8 Å². The fraction of sp³-hybridized carbons (Fsp3) is 0.476. The average molecular weight is 398 g/mol. The summed E-state index contributed by atoms with van der Waals surface area (Å²) in [5, 5.41) is 6.38. The quantitative estimate of drug-likeness (QED) is 0.863. The normalized spacial score (nSPS) is 23.5. The minimum Gasteiger partial charge on any atom is -0.342 e. The summed E-state index contributed by atoms with van der Waals surface area (Å²) in [6.45, 7) is 7.24. The van der Waals surface area contributed by atoms with Crippen molar-refractivity contribution in [2.24, 2.45) is 18.0 Å². The zero-order valence-corrected chi connectivity index (χ0v) is 17.3. The third kappa shape index (κ3) is 3.89. The second-order valence-electron chi connectivity index (χ2n) is 8.14. The van der Waals surface area contributed by atoms with Gasteiger partial charge in [-0.15, -0.1) is 0 Å². The van der Waals surface area contributed by atoms with Crippen molar-refractivity contribution >= 4 is 17.4 Å². The first-order valence-corrected chi connectivity index (χ1v) is 10.0. The number of aliphatic imine (C=N–C) groups is 1. The van der Waals surface area contributed by atoms with Crippen molar-refractivity contribution in [3.8, 4) is 11.1 Å². The zero-order valence-electron chi connectivity index (χ0n) is 17.3. The molecule has 0 radical (unpaired) electrons. The first kappa shape index (κ1) is 19.6. The maximum atomic E-state index is 14.3. The summed E-state index contributed by atoms with van der Waals surface area (Å²) < 4.78 is 16.0. The van der Waals surface area contributed by atoms with Gasteiger partial charge in [0, 0.05) is 50.9 Å². The van der Waals surface area contributed by atoms with Crippen molar-refractivity contribution in [2.75, 3.05) is 13.1 Å². The number of piperidine rings is 1. The Morgan fingerprint density at radius 2 is 2.10 bits per heavy atom. The zero-order chi connectivity index (χ0) is 20.7. The second-order valence-corrected chi connectivity index (χ2v) is 8.14. The molecule has 154 valence electrons. The Morgan fingerprint density at radius 3 is 2.76 bits per heavy atom. The van der Waals surface area contributed by atoms with E-state index in [1.165, 1.54) is 12.1 Å². The second kappa shape index (κ2) is 7.59. The maximum Gasteiger partial charge on any atom is 0.219 e. The van der Waals surface area contributed by atoms with Crippen molar-refractivity contribution in [3.63, 3.8) is 0 Å². The number of nitrogens with zero attached hydrogens (tertiary/aromatic N) is 5. The van der Waals surface area contributed by atoms with Gasteiger partial charge >= 0.3 is 0 Å². The van der Waals surface area contributed by atoms with Gasteiger partial charge in [-0.2, -0.15) is 5.10 Å². The number of aromatic nitrogens is 2. The van der Waals surface area contributed by atoms with Crippen LogP contribution in [0.2, 0.25) is 0 Å². The molecule has 0 saturated carbocycles. The molecule has 2 fully saturated rings. The van der Waals surface area contributed by atoms with Gasteiger partial charge in [0.05, 0.1) is 17.8 Å². The van der Waals surface area contributed by atoms with E-state index in [-0.39, 0.29) is 29.7 Å². The lowest BCUT2D eigenvalue weighted by atomic mass is 9.92. The van der Waals surface area contributed by atoms with E-state index in [2.05, 4.69) is 29.4 Å². The Labute approximate surface area is 170 Å². The molecule has 29 heavy (non-hydrogen) atoms. The number of amides is 1. The Kier molecular flexibility index (Phi) is 5.12. The van der Waals surface area contributed by atoms with Crippen LogP contribution in [0.25, 0.3) is 11.1 Å². The first-order chi connectivity index (χ1) is 13.8. The molecule has 1 aromatic heterocycles. The summed E-state index contributed by atoms with van der Waals surface area (Å²) in [5.74, 6) is 0.614.